The van der Waals surface area contributed by atoms with Gasteiger partial charge in [-0.1, -0.05) is 11.8 Å². The Kier molecular flexibility index (Phi) is 2.69. The number of nitrogens with two attached hydrogens (primary N) is 1. The molecule has 0 saturated carbocycles. The van der Waals surface area contributed by atoms with Gasteiger partial charge in [-0.3, -0.25) is 4.79 Å². The van der Waals surface area contributed by atoms with E-state index in [0.717, 1.165) is 11.8 Å². The van der Waals surface area contributed by atoms with Gasteiger partial charge in [0.1, 0.15) is 5.75 Å². The average molecular weight is 259 g/mol. The first-order valence-corrected chi connectivity index (χ1v) is 6.83. The number of methoxy groups -OCH3 is 1. The van der Waals surface area contributed by atoms with Crippen molar-refractivity contribution in [1.82, 2.24) is 0 Å². The molecule has 0 amide bonds. The van der Waals surface area contributed by atoms with Crippen LogP contribution in [0.1, 0.15) is 10.4 Å². The third kappa shape index (κ3) is 1.81. The number of rotatable bonds is 2. The van der Waals surface area contributed by atoms with Crippen LogP contribution in [0.3, 0.4) is 0 Å². The molecule has 0 saturated heterocycles. The quantitative estimate of drug-likeness (QED) is 0.840. The number of ketones is 1. The molecule has 1 aliphatic heterocycles. The Balaban J connectivity index is 2.46. The molecule has 0 radical (unpaired) electrons. The Morgan fingerprint density at radius 3 is 2.69 bits per heavy atom. The molecule has 0 aliphatic carbocycles. The van der Waals surface area contributed by atoms with Crippen molar-refractivity contribution in [3.05, 3.63) is 23.8 Å². The number of benzene rings is 1. The van der Waals surface area contributed by atoms with Crippen LogP contribution in [-0.4, -0.2) is 25.9 Å². The van der Waals surface area contributed by atoms with Gasteiger partial charge in [-0.05, 0) is 18.2 Å². The van der Waals surface area contributed by atoms with Crippen LogP contribution >= 0.6 is 11.8 Å². The third-order valence-electron chi connectivity index (χ3n) is 2.20. The van der Waals surface area contributed by atoms with Crippen molar-refractivity contribution >= 4 is 27.6 Å². The summed E-state index contributed by atoms with van der Waals surface area (Å²) >= 11 is 0.938. The summed E-state index contributed by atoms with van der Waals surface area (Å²) in [5.41, 5.74) is 0.379. The molecular formula is C9H9NO4S2. The monoisotopic (exact) mass is 259 g/mol. The zero-order chi connectivity index (χ0) is 11.9. The van der Waals surface area contributed by atoms with Gasteiger partial charge in [0.05, 0.1) is 7.11 Å². The van der Waals surface area contributed by atoms with Gasteiger partial charge in [0.2, 0.25) is 10.0 Å². The van der Waals surface area contributed by atoms with Gasteiger partial charge in [0.25, 0.3) is 0 Å². The van der Waals surface area contributed by atoms with Gasteiger partial charge in [0, 0.05) is 10.5 Å². The molecule has 0 bridgehead atoms. The maximum Gasteiger partial charge on any atom is 0.229 e. The first-order valence-electron chi connectivity index (χ1n) is 4.34. The highest BCUT2D eigenvalue weighted by Crippen LogP contribution is 2.40. The fraction of sp³-hybridized carbons (Fsp3) is 0.222. The topological polar surface area (TPSA) is 86.5 Å². The molecule has 2 N–H and O–H groups in total. The SMILES string of the molecule is COc1ccc2c(c1)SC(S(N)(=O)=O)C2=O. The minimum atomic E-state index is -3.87. The van der Waals surface area contributed by atoms with Gasteiger partial charge in [-0.2, -0.15) is 0 Å². The normalized spacial score (nSPS) is 19.6. The molecule has 5 nitrogen and oxygen atoms in total. The molecule has 1 aromatic carbocycles. The second-order valence-electron chi connectivity index (χ2n) is 3.27. The van der Waals surface area contributed by atoms with Crippen LogP contribution in [0.25, 0.3) is 0 Å². The predicted molar refractivity (Wildman–Crippen MR) is 60.1 cm³/mol. The summed E-state index contributed by atoms with van der Waals surface area (Å²) in [6.07, 6.45) is 0. The van der Waals surface area contributed by atoms with E-state index in [4.69, 9.17) is 9.88 Å². The van der Waals surface area contributed by atoms with Gasteiger partial charge >= 0.3 is 0 Å². The molecule has 7 heteroatoms. The largest absolute Gasteiger partial charge is 0.497 e. The lowest BCUT2D eigenvalue weighted by atomic mass is 10.1. The zero-order valence-corrected chi connectivity index (χ0v) is 9.97. The van der Waals surface area contributed by atoms with Crippen molar-refractivity contribution < 1.29 is 17.9 Å². The fourth-order valence-corrected chi connectivity index (χ4v) is 3.66. The van der Waals surface area contributed by atoms with Crippen LogP contribution in [0.15, 0.2) is 23.1 Å². The van der Waals surface area contributed by atoms with Crippen molar-refractivity contribution in [2.45, 2.75) is 9.48 Å². The highest BCUT2D eigenvalue weighted by molar-refractivity contribution is 8.14. The summed E-state index contributed by atoms with van der Waals surface area (Å²) in [6.45, 7) is 0. The van der Waals surface area contributed by atoms with E-state index in [9.17, 15) is 13.2 Å². The van der Waals surface area contributed by atoms with Crippen LogP contribution in [-0.2, 0) is 10.0 Å². The number of fused-ring (bicyclic) bond motifs is 1. The molecule has 2 rings (SSSR count). The van der Waals surface area contributed by atoms with Crippen molar-refractivity contribution in [3.63, 3.8) is 0 Å². The minimum Gasteiger partial charge on any atom is -0.497 e. The smallest absolute Gasteiger partial charge is 0.229 e. The third-order valence-corrected chi connectivity index (χ3v) is 5.12. The Bertz CT molecular complexity index is 553. The van der Waals surface area contributed by atoms with E-state index >= 15 is 0 Å². The first kappa shape index (κ1) is 11.4. The Morgan fingerprint density at radius 2 is 2.12 bits per heavy atom. The number of sulfonamides is 1. The minimum absolute atomic E-state index is 0.379. The Labute approximate surface area is 97.0 Å². The van der Waals surface area contributed by atoms with Gasteiger partial charge in [-0.15, -0.1) is 0 Å². The van der Waals surface area contributed by atoms with Crippen LogP contribution < -0.4 is 9.88 Å². The molecular weight excluding hydrogens is 250 g/mol. The van der Waals surface area contributed by atoms with E-state index < -0.39 is 20.4 Å². The molecule has 1 atom stereocenters. The second-order valence-corrected chi connectivity index (χ2v) is 6.36. The molecule has 86 valence electrons. The Morgan fingerprint density at radius 1 is 1.44 bits per heavy atom. The lowest BCUT2D eigenvalue weighted by Crippen LogP contribution is -2.29. The Hall–Kier alpha value is -1.05. The van der Waals surface area contributed by atoms with Crippen LogP contribution in [0.5, 0.6) is 5.75 Å². The second kappa shape index (κ2) is 3.76. The van der Waals surface area contributed by atoms with Crippen LogP contribution in [0.4, 0.5) is 0 Å². The van der Waals surface area contributed by atoms with Crippen molar-refractivity contribution in [2.24, 2.45) is 5.14 Å². The lowest BCUT2D eigenvalue weighted by Gasteiger charge is -2.02. The van der Waals surface area contributed by atoms with Crippen LogP contribution in [0.2, 0.25) is 0 Å². The number of thioether (sulfide) groups is 1. The van der Waals surface area contributed by atoms with Crippen molar-refractivity contribution in [1.29, 1.82) is 0 Å². The lowest BCUT2D eigenvalue weighted by molar-refractivity contribution is 0.101. The summed E-state index contributed by atoms with van der Waals surface area (Å²) in [4.78, 5) is 12.3. The molecule has 0 spiro atoms. The predicted octanol–water partition coefficient (Wildman–Crippen LogP) is 0.598. The maximum absolute atomic E-state index is 11.7. The number of ether oxygens (including phenoxy) is 1. The van der Waals surface area contributed by atoms with E-state index in [1.165, 1.54) is 7.11 Å². The molecule has 1 aromatic rings. The molecule has 1 unspecified atom stereocenters. The fourth-order valence-electron chi connectivity index (χ4n) is 1.44. The summed E-state index contributed by atoms with van der Waals surface area (Å²) < 4.78 is 26.1. The van der Waals surface area contributed by atoms with Gasteiger partial charge in [-0.25, -0.2) is 13.6 Å². The van der Waals surface area contributed by atoms with E-state index in [1.807, 2.05) is 0 Å². The standard InChI is InChI=1S/C9H9NO4S2/c1-14-5-2-3-6-7(4-5)15-9(8(6)11)16(10,12)13/h2-4,9H,1H3,(H2,10,12,13). The van der Waals surface area contributed by atoms with Gasteiger partial charge in [0.15, 0.2) is 10.4 Å². The first-order chi connectivity index (χ1) is 7.43. The number of carbonyl (C=O) groups excluding carboxylic acids is 1. The van der Waals surface area contributed by atoms with Crippen molar-refractivity contribution in [3.8, 4) is 5.75 Å². The highest BCUT2D eigenvalue weighted by Gasteiger charge is 2.39. The molecule has 1 aliphatic rings. The van der Waals surface area contributed by atoms with Crippen molar-refractivity contribution in [2.75, 3.05) is 7.11 Å². The van der Waals surface area contributed by atoms with Gasteiger partial charge < -0.3 is 4.74 Å². The van der Waals surface area contributed by atoms with Crippen LogP contribution in [0, 0.1) is 0 Å². The van der Waals surface area contributed by atoms with E-state index in [0.29, 0.717) is 16.2 Å². The summed E-state index contributed by atoms with van der Waals surface area (Å²) in [5, 5.41) is 4.98. The molecule has 0 aromatic heterocycles. The summed E-state index contributed by atoms with van der Waals surface area (Å²) in [7, 11) is -2.37. The number of hydrogen-bond donors (Lipinski definition) is 1. The molecule has 16 heavy (non-hydrogen) atoms. The molecule has 0 fully saturated rings. The number of Topliss-reactive ketones (excluding diaryl/α,β-unsaturated/α-hetero) is 1. The molecule has 1 heterocycles. The zero-order valence-electron chi connectivity index (χ0n) is 8.34. The summed E-state index contributed by atoms with van der Waals surface area (Å²) in [6, 6.07) is 4.79. The number of hydrogen-bond acceptors (Lipinski definition) is 5. The maximum atomic E-state index is 11.7. The number of primary sulfonamides is 1. The van der Waals surface area contributed by atoms with E-state index in [2.05, 4.69) is 0 Å². The van der Waals surface area contributed by atoms with E-state index in [-0.39, 0.29) is 0 Å². The number of carbonyl (C=O) groups is 1. The van der Waals surface area contributed by atoms with E-state index in [1.54, 1.807) is 18.2 Å². The summed E-state index contributed by atoms with van der Waals surface area (Å²) in [5.74, 6) is 0.110. The highest BCUT2D eigenvalue weighted by atomic mass is 32.3. The average Bonchev–Trinajstić information content (AvgIpc) is 2.55.